The predicted octanol–water partition coefficient (Wildman–Crippen LogP) is 2.93. The highest BCUT2D eigenvalue weighted by Gasteiger charge is 2.07. The van der Waals surface area contributed by atoms with Gasteiger partial charge in [-0.15, -0.1) is 0 Å². The summed E-state index contributed by atoms with van der Waals surface area (Å²) in [5.41, 5.74) is 1.08. The van der Waals surface area contributed by atoms with Gasteiger partial charge in [0.15, 0.2) is 11.6 Å². The Balaban J connectivity index is 2.10. The first-order valence-corrected chi connectivity index (χ1v) is 5.60. The summed E-state index contributed by atoms with van der Waals surface area (Å²) in [6.45, 7) is 5.15. The Morgan fingerprint density at radius 3 is 2.82 bits per heavy atom. The number of benzene rings is 1. The van der Waals surface area contributed by atoms with E-state index in [2.05, 4.69) is 4.98 Å². The Morgan fingerprint density at radius 2 is 2.12 bits per heavy atom. The molecule has 0 aliphatic heterocycles. The van der Waals surface area contributed by atoms with E-state index in [4.69, 9.17) is 4.74 Å². The molecule has 1 aromatic carbocycles. The van der Waals surface area contributed by atoms with Gasteiger partial charge in [-0.25, -0.2) is 9.37 Å². The first-order valence-electron chi connectivity index (χ1n) is 5.60. The average molecular weight is 234 g/mol. The van der Waals surface area contributed by atoms with Crippen LogP contribution in [0.4, 0.5) is 4.39 Å². The Bertz CT molecular complexity index is 508. The van der Waals surface area contributed by atoms with Gasteiger partial charge >= 0.3 is 0 Å². The molecule has 17 heavy (non-hydrogen) atoms. The van der Waals surface area contributed by atoms with Crippen LogP contribution in [0, 0.1) is 12.7 Å². The normalized spacial score (nSPS) is 10.5. The third-order valence-corrected chi connectivity index (χ3v) is 2.65. The van der Waals surface area contributed by atoms with Crippen LogP contribution < -0.4 is 4.74 Å². The Morgan fingerprint density at radius 1 is 1.35 bits per heavy atom. The first-order chi connectivity index (χ1) is 8.22. The number of imidazole rings is 1. The molecule has 1 heterocycles. The number of nitrogens with zero attached hydrogens (tertiary/aromatic N) is 2. The maximum atomic E-state index is 13.3. The second-order valence-corrected chi connectivity index (χ2v) is 3.78. The van der Waals surface area contributed by atoms with Crippen molar-refractivity contribution in [2.45, 2.75) is 27.0 Å². The van der Waals surface area contributed by atoms with Gasteiger partial charge in [0, 0.05) is 18.4 Å². The molecular weight excluding hydrogens is 219 g/mol. The molecule has 0 radical (unpaired) electrons. The van der Waals surface area contributed by atoms with Crippen LogP contribution in [-0.2, 0) is 13.2 Å². The number of halogens is 1. The quantitative estimate of drug-likeness (QED) is 0.813. The van der Waals surface area contributed by atoms with Crippen molar-refractivity contribution in [3.63, 3.8) is 0 Å². The second-order valence-electron chi connectivity index (χ2n) is 3.78. The lowest BCUT2D eigenvalue weighted by molar-refractivity contribution is 0.275. The van der Waals surface area contributed by atoms with Gasteiger partial charge in [-0.05, 0) is 26.0 Å². The van der Waals surface area contributed by atoms with Crippen LogP contribution in [0.25, 0.3) is 0 Å². The summed E-state index contributed by atoms with van der Waals surface area (Å²) >= 11 is 0. The lowest BCUT2D eigenvalue weighted by Gasteiger charge is -2.09. The van der Waals surface area contributed by atoms with Gasteiger partial charge in [-0.3, -0.25) is 0 Å². The SMILES string of the molecule is CCn1c(C)cnc1COc1ccccc1F. The zero-order chi connectivity index (χ0) is 12.3. The predicted molar refractivity (Wildman–Crippen MR) is 63.4 cm³/mol. The van der Waals surface area contributed by atoms with E-state index < -0.39 is 0 Å². The van der Waals surface area contributed by atoms with Gasteiger partial charge in [0.2, 0.25) is 0 Å². The Kier molecular flexibility index (Phi) is 3.42. The maximum absolute atomic E-state index is 13.3. The molecule has 3 nitrogen and oxygen atoms in total. The van der Waals surface area contributed by atoms with E-state index in [1.807, 2.05) is 18.4 Å². The highest BCUT2D eigenvalue weighted by atomic mass is 19.1. The van der Waals surface area contributed by atoms with E-state index in [1.165, 1.54) is 6.07 Å². The molecule has 0 bridgehead atoms. The molecule has 0 fully saturated rings. The van der Waals surface area contributed by atoms with E-state index in [0.717, 1.165) is 18.1 Å². The van der Waals surface area contributed by atoms with Crippen molar-refractivity contribution in [1.82, 2.24) is 9.55 Å². The van der Waals surface area contributed by atoms with E-state index in [1.54, 1.807) is 24.4 Å². The summed E-state index contributed by atoms with van der Waals surface area (Å²) in [4.78, 5) is 4.25. The molecule has 0 saturated heterocycles. The summed E-state index contributed by atoms with van der Waals surface area (Å²) < 4.78 is 20.8. The van der Waals surface area contributed by atoms with Crippen LogP contribution in [0.3, 0.4) is 0 Å². The first kappa shape index (κ1) is 11.6. The van der Waals surface area contributed by atoms with Crippen LogP contribution in [0.2, 0.25) is 0 Å². The van der Waals surface area contributed by atoms with Gasteiger partial charge < -0.3 is 9.30 Å². The molecule has 0 unspecified atom stereocenters. The van der Waals surface area contributed by atoms with Crippen molar-refractivity contribution in [3.05, 3.63) is 47.8 Å². The molecule has 0 N–H and O–H groups in total. The van der Waals surface area contributed by atoms with E-state index >= 15 is 0 Å². The van der Waals surface area contributed by atoms with E-state index in [0.29, 0.717) is 0 Å². The lowest BCUT2D eigenvalue weighted by atomic mass is 10.3. The molecule has 90 valence electrons. The highest BCUT2D eigenvalue weighted by molar-refractivity contribution is 5.23. The molecule has 2 aromatic rings. The van der Waals surface area contributed by atoms with Gasteiger partial charge in [-0.2, -0.15) is 0 Å². The summed E-state index contributed by atoms with van der Waals surface area (Å²) in [6, 6.07) is 6.38. The third-order valence-electron chi connectivity index (χ3n) is 2.65. The van der Waals surface area contributed by atoms with Crippen LogP contribution in [0.1, 0.15) is 18.4 Å². The van der Waals surface area contributed by atoms with E-state index in [-0.39, 0.29) is 18.2 Å². The minimum absolute atomic E-state index is 0.260. The van der Waals surface area contributed by atoms with Crippen molar-refractivity contribution in [2.75, 3.05) is 0 Å². The number of aryl methyl sites for hydroxylation is 1. The minimum Gasteiger partial charge on any atom is -0.483 e. The van der Waals surface area contributed by atoms with Crippen molar-refractivity contribution in [3.8, 4) is 5.75 Å². The second kappa shape index (κ2) is 4.99. The fraction of sp³-hybridized carbons (Fsp3) is 0.308. The van der Waals surface area contributed by atoms with Crippen molar-refractivity contribution in [1.29, 1.82) is 0 Å². The van der Waals surface area contributed by atoms with Crippen LogP contribution >= 0.6 is 0 Å². The molecule has 0 aliphatic rings. The van der Waals surface area contributed by atoms with Crippen LogP contribution in [0.15, 0.2) is 30.5 Å². The number of aromatic nitrogens is 2. The molecule has 0 aliphatic carbocycles. The summed E-state index contributed by atoms with van der Waals surface area (Å²) in [5, 5.41) is 0. The van der Waals surface area contributed by atoms with E-state index in [9.17, 15) is 4.39 Å². The molecule has 1 aromatic heterocycles. The van der Waals surface area contributed by atoms with Gasteiger partial charge in [0.1, 0.15) is 12.4 Å². The van der Waals surface area contributed by atoms with Gasteiger partial charge in [0.05, 0.1) is 0 Å². The zero-order valence-corrected chi connectivity index (χ0v) is 9.98. The van der Waals surface area contributed by atoms with Crippen molar-refractivity contribution < 1.29 is 9.13 Å². The maximum Gasteiger partial charge on any atom is 0.165 e. The Hall–Kier alpha value is -1.84. The fourth-order valence-corrected chi connectivity index (χ4v) is 1.76. The number of ether oxygens (including phenoxy) is 1. The largest absolute Gasteiger partial charge is 0.483 e. The molecule has 0 amide bonds. The molecule has 4 heteroatoms. The minimum atomic E-state index is -0.348. The molecular formula is C13H15FN2O. The summed E-state index contributed by atoms with van der Waals surface area (Å²) in [7, 11) is 0. The fourth-order valence-electron chi connectivity index (χ4n) is 1.76. The number of hydrogen-bond acceptors (Lipinski definition) is 2. The third kappa shape index (κ3) is 2.46. The van der Waals surface area contributed by atoms with Crippen LogP contribution in [0.5, 0.6) is 5.75 Å². The lowest BCUT2D eigenvalue weighted by Crippen LogP contribution is -2.07. The monoisotopic (exact) mass is 234 g/mol. The van der Waals surface area contributed by atoms with Crippen molar-refractivity contribution in [2.24, 2.45) is 0 Å². The average Bonchev–Trinajstić information content (AvgIpc) is 2.69. The van der Waals surface area contributed by atoms with Gasteiger partial charge in [0.25, 0.3) is 0 Å². The highest BCUT2D eigenvalue weighted by Crippen LogP contribution is 2.17. The number of rotatable bonds is 4. The Labute approximate surface area is 99.9 Å². The number of para-hydroxylation sites is 1. The zero-order valence-electron chi connectivity index (χ0n) is 9.98. The topological polar surface area (TPSA) is 27.1 Å². The smallest absolute Gasteiger partial charge is 0.165 e. The van der Waals surface area contributed by atoms with Gasteiger partial charge in [-0.1, -0.05) is 12.1 Å². The molecule has 2 rings (SSSR count). The standard InChI is InChI=1S/C13H15FN2O/c1-3-16-10(2)8-15-13(16)9-17-12-7-5-4-6-11(12)14/h4-8H,3,9H2,1-2H3. The molecule has 0 atom stereocenters. The number of hydrogen-bond donors (Lipinski definition) is 0. The molecule has 0 saturated carbocycles. The molecule has 0 spiro atoms. The summed E-state index contributed by atoms with van der Waals surface area (Å²) in [6.07, 6.45) is 1.80. The van der Waals surface area contributed by atoms with Crippen molar-refractivity contribution >= 4 is 0 Å². The summed E-state index contributed by atoms with van der Waals surface area (Å²) in [5.74, 6) is 0.725. The van der Waals surface area contributed by atoms with Crippen LogP contribution in [-0.4, -0.2) is 9.55 Å².